The van der Waals surface area contributed by atoms with Crippen molar-refractivity contribution in [3.8, 4) is 0 Å². The number of fused-ring (bicyclic) bond motifs is 5. The van der Waals surface area contributed by atoms with E-state index in [-0.39, 0.29) is 0 Å². The highest BCUT2D eigenvalue weighted by atomic mass is 19.1. The van der Waals surface area contributed by atoms with Gasteiger partial charge in [0, 0.05) is 18.1 Å². The Labute approximate surface area is 147 Å². The normalized spacial score (nSPS) is 55.0. The highest BCUT2D eigenvalue weighted by Gasteiger charge is 2.59. The Bertz CT molecular complexity index is 457. The van der Waals surface area contributed by atoms with Gasteiger partial charge in [-0.15, -0.1) is 0 Å². The quantitative estimate of drug-likeness (QED) is 0.605. The molecule has 5 rings (SSSR count). The fourth-order valence-corrected chi connectivity index (χ4v) is 8.03. The van der Waals surface area contributed by atoms with E-state index in [2.05, 4.69) is 11.8 Å². The van der Waals surface area contributed by atoms with Crippen molar-refractivity contribution < 1.29 is 4.39 Å². The van der Waals surface area contributed by atoms with Crippen LogP contribution in [-0.4, -0.2) is 29.2 Å². The van der Waals surface area contributed by atoms with Crippen molar-refractivity contribution in [1.82, 2.24) is 4.90 Å². The first kappa shape index (κ1) is 16.1. The summed E-state index contributed by atoms with van der Waals surface area (Å²) in [5.41, 5.74) is 0. The first-order valence-corrected chi connectivity index (χ1v) is 11.1. The van der Waals surface area contributed by atoms with Gasteiger partial charge in [-0.1, -0.05) is 26.2 Å². The zero-order valence-corrected chi connectivity index (χ0v) is 15.5. The summed E-state index contributed by atoms with van der Waals surface area (Å²) in [6, 6.07) is 2.45. The van der Waals surface area contributed by atoms with E-state index in [0.29, 0.717) is 6.04 Å². The number of alkyl halides is 1. The van der Waals surface area contributed by atoms with Crippen molar-refractivity contribution >= 4 is 0 Å². The molecule has 5 fully saturated rings. The summed E-state index contributed by atoms with van der Waals surface area (Å²) in [5.74, 6) is 5.01. The van der Waals surface area contributed by atoms with Crippen LogP contribution in [0.25, 0.3) is 0 Å². The van der Waals surface area contributed by atoms with E-state index in [1.54, 1.807) is 0 Å². The van der Waals surface area contributed by atoms with Gasteiger partial charge in [0.15, 0.2) is 0 Å². The van der Waals surface area contributed by atoms with Crippen LogP contribution in [-0.2, 0) is 0 Å². The molecule has 1 nitrogen and oxygen atoms in total. The summed E-state index contributed by atoms with van der Waals surface area (Å²) in [5, 5.41) is 0. The lowest BCUT2D eigenvalue weighted by molar-refractivity contribution is 0.0455. The standard InChI is InChI=1S/C22H36FN/c1-14-6-11-20-19(12-14)22-18-5-3-2-4-15(18)13-21(22)24(20)17-9-7-16(23)8-10-17/h14-22H,2-13H2,1H3. The molecule has 1 heterocycles. The third-order valence-electron chi connectivity index (χ3n) is 8.88. The molecule has 4 saturated carbocycles. The van der Waals surface area contributed by atoms with E-state index in [4.69, 9.17) is 0 Å². The second kappa shape index (κ2) is 6.25. The Morgan fingerprint density at radius 3 is 2.38 bits per heavy atom. The van der Waals surface area contributed by atoms with Crippen LogP contribution in [0.1, 0.15) is 84.0 Å². The lowest BCUT2D eigenvalue weighted by Crippen LogP contribution is -2.48. The summed E-state index contributed by atoms with van der Waals surface area (Å²) in [6.07, 6.45) is 15.3. The molecule has 0 amide bonds. The molecule has 7 atom stereocenters. The monoisotopic (exact) mass is 333 g/mol. The molecule has 0 aromatic carbocycles. The molecule has 5 aliphatic rings. The van der Waals surface area contributed by atoms with E-state index >= 15 is 0 Å². The van der Waals surface area contributed by atoms with Crippen molar-refractivity contribution in [2.75, 3.05) is 0 Å². The molecule has 136 valence electrons. The van der Waals surface area contributed by atoms with Crippen LogP contribution >= 0.6 is 0 Å². The largest absolute Gasteiger partial charge is 0.294 e. The number of rotatable bonds is 1. The van der Waals surface area contributed by atoms with Crippen molar-refractivity contribution in [3.63, 3.8) is 0 Å². The average molecular weight is 334 g/mol. The fraction of sp³-hybridized carbons (Fsp3) is 1.00. The van der Waals surface area contributed by atoms with Gasteiger partial charge < -0.3 is 0 Å². The van der Waals surface area contributed by atoms with Crippen LogP contribution in [0.3, 0.4) is 0 Å². The van der Waals surface area contributed by atoms with Gasteiger partial charge in [0.25, 0.3) is 0 Å². The molecule has 1 saturated heterocycles. The van der Waals surface area contributed by atoms with Crippen molar-refractivity contribution in [2.24, 2.45) is 29.6 Å². The molecule has 0 radical (unpaired) electrons. The number of hydrogen-bond donors (Lipinski definition) is 0. The predicted molar refractivity (Wildman–Crippen MR) is 96.6 cm³/mol. The predicted octanol–water partition coefficient (Wildman–Crippen LogP) is 5.58. The molecular formula is C22H36FN. The van der Waals surface area contributed by atoms with Crippen LogP contribution in [0.4, 0.5) is 4.39 Å². The third-order valence-corrected chi connectivity index (χ3v) is 8.88. The molecule has 7 unspecified atom stereocenters. The van der Waals surface area contributed by atoms with Gasteiger partial charge >= 0.3 is 0 Å². The molecule has 4 aliphatic carbocycles. The fourth-order valence-electron chi connectivity index (χ4n) is 8.03. The molecular weight excluding hydrogens is 297 g/mol. The van der Waals surface area contributed by atoms with Crippen LogP contribution in [0.15, 0.2) is 0 Å². The highest BCUT2D eigenvalue weighted by molar-refractivity contribution is 5.11. The second-order valence-corrected chi connectivity index (χ2v) is 10.1. The van der Waals surface area contributed by atoms with E-state index in [1.807, 2.05) is 0 Å². The summed E-state index contributed by atoms with van der Waals surface area (Å²) in [7, 11) is 0. The van der Waals surface area contributed by atoms with E-state index in [9.17, 15) is 4.39 Å². The minimum atomic E-state index is -0.506. The first-order chi connectivity index (χ1) is 11.7. The first-order valence-electron chi connectivity index (χ1n) is 11.1. The topological polar surface area (TPSA) is 3.24 Å². The minimum Gasteiger partial charge on any atom is -0.294 e. The van der Waals surface area contributed by atoms with Crippen molar-refractivity contribution in [3.05, 3.63) is 0 Å². The van der Waals surface area contributed by atoms with Crippen LogP contribution in [0.2, 0.25) is 0 Å². The zero-order valence-electron chi connectivity index (χ0n) is 15.5. The van der Waals surface area contributed by atoms with Crippen LogP contribution in [0, 0.1) is 29.6 Å². The number of hydrogen-bond acceptors (Lipinski definition) is 1. The van der Waals surface area contributed by atoms with Crippen LogP contribution in [0.5, 0.6) is 0 Å². The summed E-state index contributed by atoms with van der Waals surface area (Å²) < 4.78 is 13.7. The minimum absolute atomic E-state index is 0.506. The molecule has 0 aromatic rings. The molecule has 1 aliphatic heterocycles. The van der Waals surface area contributed by atoms with Gasteiger partial charge in [-0.3, -0.25) is 4.90 Å². The maximum atomic E-state index is 13.7. The van der Waals surface area contributed by atoms with Gasteiger partial charge in [-0.25, -0.2) is 4.39 Å². The smallest absolute Gasteiger partial charge is 0.100 e. The summed E-state index contributed by atoms with van der Waals surface area (Å²) >= 11 is 0. The van der Waals surface area contributed by atoms with E-state index in [0.717, 1.165) is 67.4 Å². The van der Waals surface area contributed by atoms with Crippen molar-refractivity contribution in [1.29, 1.82) is 0 Å². The van der Waals surface area contributed by atoms with Gasteiger partial charge in [-0.05, 0) is 87.4 Å². The molecule has 0 aromatic heterocycles. The molecule has 2 heteroatoms. The Morgan fingerprint density at radius 1 is 0.750 bits per heavy atom. The third kappa shape index (κ3) is 2.49. The Morgan fingerprint density at radius 2 is 1.54 bits per heavy atom. The summed E-state index contributed by atoms with van der Waals surface area (Å²) in [6.45, 7) is 2.50. The van der Waals surface area contributed by atoms with E-state index < -0.39 is 6.17 Å². The highest BCUT2D eigenvalue weighted by Crippen LogP contribution is 2.59. The average Bonchev–Trinajstić information content (AvgIpc) is 3.10. The van der Waals surface area contributed by atoms with Gasteiger partial charge in [0.2, 0.25) is 0 Å². The number of halogens is 1. The molecule has 0 N–H and O–H groups in total. The van der Waals surface area contributed by atoms with E-state index in [1.165, 1.54) is 51.4 Å². The number of likely N-dealkylation sites (tertiary alicyclic amines) is 1. The van der Waals surface area contributed by atoms with Gasteiger partial charge in [0.05, 0.1) is 0 Å². The van der Waals surface area contributed by atoms with Crippen LogP contribution < -0.4 is 0 Å². The zero-order chi connectivity index (χ0) is 16.3. The lowest BCUT2D eigenvalue weighted by Gasteiger charge is -2.43. The Hall–Kier alpha value is -0.110. The van der Waals surface area contributed by atoms with Gasteiger partial charge in [-0.2, -0.15) is 0 Å². The molecule has 0 spiro atoms. The Balaban J connectivity index is 1.43. The maximum absolute atomic E-state index is 13.7. The number of nitrogens with zero attached hydrogens (tertiary/aromatic N) is 1. The molecule has 0 bridgehead atoms. The second-order valence-electron chi connectivity index (χ2n) is 10.1. The van der Waals surface area contributed by atoms with Crippen molar-refractivity contribution in [2.45, 2.75) is 108 Å². The Kier molecular flexibility index (Phi) is 4.19. The molecule has 24 heavy (non-hydrogen) atoms. The summed E-state index contributed by atoms with van der Waals surface area (Å²) in [4.78, 5) is 3.03. The maximum Gasteiger partial charge on any atom is 0.100 e. The lowest BCUT2D eigenvalue weighted by atomic mass is 9.68. The SMILES string of the molecule is CC1CCC2C(C1)C1C3CCCCC3CC1N2C1CCC(F)CC1. The van der Waals surface area contributed by atoms with Gasteiger partial charge in [0.1, 0.15) is 6.17 Å².